The van der Waals surface area contributed by atoms with E-state index >= 15 is 0 Å². The lowest BCUT2D eigenvalue weighted by molar-refractivity contribution is 0.0986. The molecule has 0 saturated carbocycles. The van der Waals surface area contributed by atoms with Crippen molar-refractivity contribution < 1.29 is 4.74 Å². The number of ether oxygens (including phenoxy) is 1. The van der Waals surface area contributed by atoms with Gasteiger partial charge in [0.2, 0.25) is 0 Å². The number of morpholine rings is 1. The number of aromatic amines is 2. The number of nitrogen functional groups attached to an aromatic ring is 1. The third-order valence-electron chi connectivity index (χ3n) is 4.84. The minimum Gasteiger partial charge on any atom is -0.382 e. The lowest BCUT2D eigenvalue weighted by Crippen LogP contribution is -2.44. The number of nitrogens with one attached hydrogen (secondary N) is 2. The Labute approximate surface area is 154 Å². The Hall–Kier alpha value is -3.40. The summed E-state index contributed by atoms with van der Waals surface area (Å²) in [5.74, 6) is 1.97. The fourth-order valence-electron chi connectivity index (χ4n) is 3.50. The number of rotatable bonds is 3. The third kappa shape index (κ3) is 2.53. The van der Waals surface area contributed by atoms with E-state index in [1.54, 1.807) is 17.1 Å². The van der Waals surface area contributed by atoms with Crippen molar-refractivity contribution in [3.63, 3.8) is 0 Å². The topological polar surface area (TPSA) is 127 Å². The average Bonchev–Trinajstić information content (AvgIpc) is 3.43. The summed E-state index contributed by atoms with van der Waals surface area (Å²) in [6.45, 7) is 4.25. The minimum atomic E-state index is 0.224. The molecule has 10 heteroatoms. The van der Waals surface area contributed by atoms with Crippen LogP contribution in [0.4, 0.5) is 11.6 Å². The van der Waals surface area contributed by atoms with Gasteiger partial charge in [-0.2, -0.15) is 14.9 Å². The average molecular weight is 365 g/mol. The second-order valence-electron chi connectivity index (χ2n) is 6.57. The van der Waals surface area contributed by atoms with E-state index in [1.807, 2.05) is 18.3 Å². The largest absolute Gasteiger partial charge is 0.382 e. The summed E-state index contributed by atoms with van der Waals surface area (Å²) in [7, 11) is 0. The normalized spacial score (nSPS) is 17.7. The van der Waals surface area contributed by atoms with E-state index in [1.165, 1.54) is 0 Å². The van der Waals surface area contributed by atoms with Crippen LogP contribution in [0.2, 0.25) is 0 Å². The SMILES string of the molecule is CC1COCCN1c1cc(-c2cn[nH]c2)c2c(N)nn(-c3ccn[nH]3)c2n1. The number of nitrogens with zero attached hydrogens (tertiary/aromatic N) is 6. The summed E-state index contributed by atoms with van der Waals surface area (Å²) in [5, 5.41) is 19.2. The molecular weight excluding hydrogens is 346 g/mol. The van der Waals surface area contributed by atoms with Gasteiger partial charge in [-0.1, -0.05) is 0 Å². The summed E-state index contributed by atoms with van der Waals surface area (Å²) in [4.78, 5) is 7.15. The van der Waals surface area contributed by atoms with E-state index < -0.39 is 0 Å². The summed E-state index contributed by atoms with van der Waals surface area (Å²) in [5.41, 5.74) is 8.81. The second kappa shape index (κ2) is 6.09. The summed E-state index contributed by atoms with van der Waals surface area (Å²) < 4.78 is 7.27. The molecule has 27 heavy (non-hydrogen) atoms. The molecule has 0 amide bonds. The quantitative estimate of drug-likeness (QED) is 0.500. The lowest BCUT2D eigenvalue weighted by atomic mass is 10.1. The first-order valence-electron chi connectivity index (χ1n) is 8.75. The number of fused-ring (bicyclic) bond motifs is 1. The molecule has 138 valence electrons. The van der Waals surface area contributed by atoms with Gasteiger partial charge in [-0.15, -0.1) is 5.10 Å². The maximum Gasteiger partial charge on any atom is 0.169 e. The van der Waals surface area contributed by atoms with Gasteiger partial charge < -0.3 is 15.4 Å². The first-order chi connectivity index (χ1) is 13.2. The Morgan fingerprint density at radius 2 is 2.26 bits per heavy atom. The molecule has 0 aliphatic carbocycles. The highest BCUT2D eigenvalue weighted by atomic mass is 16.5. The highest BCUT2D eigenvalue weighted by Gasteiger charge is 2.25. The van der Waals surface area contributed by atoms with E-state index in [-0.39, 0.29) is 6.04 Å². The molecule has 5 rings (SSSR count). The maximum atomic E-state index is 6.28. The van der Waals surface area contributed by atoms with Crippen LogP contribution in [-0.2, 0) is 4.74 Å². The molecule has 4 aromatic heterocycles. The van der Waals surface area contributed by atoms with Crippen LogP contribution in [-0.4, -0.2) is 61.0 Å². The van der Waals surface area contributed by atoms with Crippen LogP contribution in [0.1, 0.15) is 6.92 Å². The van der Waals surface area contributed by atoms with Crippen LogP contribution in [0.15, 0.2) is 30.7 Å². The molecule has 1 aliphatic heterocycles. The number of aromatic nitrogens is 7. The molecular formula is C17H19N9O. The van der Waals surface area contributed by atoms with Gasteiger partial charge in [-0.05, 0) is 13.0 Å². The third-order valence-corrected chi connectivity index (χ3v) is 4.84. The standard InChI is InChI=1S/C17H19N9O/c1-10-9-27-5-4-25(10)14-6-12(11-7-20-21-8-11)15-16(18)24-26(17(15)22-14)13-2-3-19-23-13/h2-3,6-8,10H,4-5,9H2,1H3,(H2,18,24)(H,19,23)(H,20,21). The first kappa shape index (κ1) is 15.8. The van der Waals surface area contributed by atoms with Crippen molar-refractivity contribution in [2.24, 2.45) is 0 Å². The molecule has 0 radical (unpaired) electrons. The van der Waals surface area contributed by atoms with E-state index in [0.29, 0.717) is 30.5 Å². The van der Waals surface area contributed by atoms with Crippen molar-refractivity contribution in [3.05, 3.63) is 30.7 Å². The molecule has 1 aliphatic rings. The number of pyridine rings is 1. The fourth-order valence-corrected chi connectivity index (χ4v) is 3.50. The van der Waals surface area contributed by atoms with Gasteiger partial charge in [0.15, 0.2) is 17.3 Å². The van der Waals surface area contributed by atoms with Gasteiger partial charge in [-0.25, -0.2) is 4.98 Å². The molecule has 0 aromatic carbocycles. The van der Waals surface area contributed by atoms with E-state index in [0.717, 1.165) is 28.9 Å². The first-order valence-corrected chi connectivity index (χ1v) is 8.75. The van der Waals surface area contributed by atoms with Gasteiger partial charge in [0.1, 0.15) is 5.82 Å². The van der Waals surface area contributed by atoms with Gasteiger partial charge >= 0.3 is 0 Å². The van der Waals surface area contributed by atoms with Crippen molar-refractivity contribution in [3.8, 4) is 16.9 Å². The molecule has 5 heterocycles. The van der Waals surface area contributed by atoms with Crippen molar-refractivity contribution in [1.29, 1.82) is 0 Å². The Morgan fingerprint density at radius 1 is 1.33 bits per heavy atom. The van der Waals surface area contributed by atoms with Gasteiger partial charge in [0, 0.05) is 29.9 Å². The summed E-state index contributed by atoms with van der Waals surface area (Å²) in [6, 6.07) is 4.10. The number of hydrogen-bond acceptors (Lipinski definition) is 7. The molecule has 1 unspecified atom stereocenters. The van der Waals surface area contributed by atoms with E-state index in [2.05, 4.69) is 37.3 Å². The molecule has 1 fully saturated rings. The van der Waals surface area contributed by atoms with Crippen molar-refractivity contribution in [2.75, 3.05) is 30.4 Å². The van der Waals surface area contributed by atoms with E-state index in [4.69, 9.17) is 15.5 Å². The van der Waals surface area contributed by atoms with Gasteiger partial charge in [0.25, 0.3) is 0 Å². The molecule has 4 N–H and O–H groups in total. The van der Waals surface area contributed by atoms with Crippen molar-refractivity contribution >= 4 is 22.7 Å². The molecule has 0 spiro atoms. The second-order valence-corrected chi connectivity index (χ2v) is 6.57. The Morgan fingerprint density at radius 3 is 3.00 bits per heavy atom. The Balaban J connectivity index is 1.78. The number of hydrogen-bond donors (Lipinski definition) is 3. The Kier molecular flexibility index (Phi) is 3.57. The minimum absolute atomic E-state index is 0.224. The molecule has 1 atom stereocenters. The monoisotopic (exact) mass is 365 g/mol. The number of nitrogens with two attached hydrogens (primary N) is 1. The van der Waals surface area contributed by atoms with Crippen LogP contribution in [0.25, 0.3) is 28.0 Å². The zero-order valence-electron chi connectivity index (χ0n) is 14.8. The Bertz CT molecular complexity index is 1070. The van der Waals surface area contributed by atoms with Gasteiger partial charge in [-0.3, -0.25) is 10.2 Å². The predicted molar refractivity (Wildman–Crippen MR) is 101 cm³/mol. The zero-order chi connectivity index (χ0) is 18.4. The number of H-pyrrole nitrogens is 2. The highest BCUT2D eigenvalue weighted by molar-refractivity contribution is 6.01. The van der Waals surface area contributed by atoms with E-state index in [9.17, 15) is 0 Å². The van der Waals surface area contributed by atoms with Crippen LogP contribution in [0.5, 0.6) is 0 Å². The lowest BCUT2D eigenvalue weighted by Gasteiger charge is -2.34. The van der Waals surface area contributed by atoms with Crippen molar-refractivity contribution in [1.82, 2.24) is 35.2 Å². The zero-order valence-corrected chi connectivity index (χ0v) is 14.8. The van der Waals surface area contributed by atoms with Crippen LogP contribution >= 0.6 is 0 Å². The molecule has 10 nitrogen and oxygen atoms in total. The van der Waals surface area contributed by atoms with Crippen LogP contribution in [0, 0.1) is 0 Å². The number of anilines is 2. The van der Waals surface area contributed by atoms with Crippen molar-refractivity contribution in [2.45, 2.75) is 13.0 Å². The smallest absolute Gasteiger partial charge is 0.169 e. The van der Waals surface area contributed by atoms with Gasteiger partial charge in [0.05, 0.1) is 37.0 Å². The summed E-state index contributed by atoms with van der Waals surface area (Å²) in [6.07, 6.45) is 5.28. The molecule has 4 aromatic rings. The fraction of sp³-hybridized carbons (Fsp3) is 0.294. The highest BCUT2D eigenvalue weighted by Crippen LogP contribution is 2.35. The predicted octanol–water partition coefficient (Wildman–Crippen LogP) is 1.34. The molecule has 0 bridgehead atoms. The van der Waals surface area contributed by atoms with Crippen LogP contribution < -0.4 is 10.6 Å². The maximum absolute atomic E-state index is 6.28. The van der Waals surface area contributed by atoms with Crippen LogP contribution in [0.3, 0.4) is 0 Å². The molecule has 1 saturated heterocycles. The summed E-state index contributed by atoms with van der Waals surface area (Å²) >= 11 is 0.